The molecular weight excluding hydrogens is 372 g/mol. The van der Waals surface area contributed by atoms with E-state index in [0.29, 0.717) is 19.6 Å². The Balaban J connectivity index is 1.63. The smallest absolute Gasteiger partial charge is 0.221 e. The van der Waals surface area contributed by atoms with Crippen LogP contribution in [-0.4, -0.2) is 51.5 Å². The zero-order chi connectivity index (χ0) is 16.8. The second-order valence-electron chi connectivity index (χ2n) is 6.61. The normalized spacial score (nSPS) is 23.6. The van der Waals surface area contributed by atoms with E-state index >= 15 is 0 Å². The van der Waals surface area contributed by atoms with Gasteiger partial charge in [0.2, 0.25) is 5.91 Å². The van der Waals surface area contributed by atoms with E-state index in [9.17, 15) is 4.79 Å². The Hall–Kier alpha value is -0.950. The first kappa shape index (κ1) is 17.9. The Morgan fingerprint density at radius 1 is 1.29 bits per heavy atom. The Morgan fingerprint density at radius 3 is 2.83 bits per heavy atom. The molecule has 1 aromatic rings. The molecule has 5 nitrogen and oxygen atoms in total. The molecule has 0 radical (unpaired) electrons. The summed E-state index contributed by atoms with van der Waals surface area (Å²) in [5.41, 5.74) is 1.22. The number of carbonyl (C=O) groups excluding carboxylic acids is 1. The number of carbonyl (C=O) groups is 1. The highest BCUT2D eigenvalue weighted by molar-refractivity contribution is 9.10. The zero-order valence-electron chi connectivity index (χ0n) is 13.9. The number of amides is 1. The average Bonchev–Trinajstić information content (AvgIpc) is 2.62. The molecule has 3 rings (SSSR count). The Morgan fingerprint density at radius 2 is 2.12 bits per heavy atom. The molecule has 2 heterocycles. The molecule has 2 aliphatic rings. The first-order valence-corrected chi connectivity index (χ1v) is 9.39. The largest absolute Gasteiger partial charge is 0.381 e. The highest BCUT2D eigenvalue weighted by Gasteiger charge is 2.35. The minimum absolute atomic E-state index is 0.0474. The van der Waals surface area contributed by atoms with Crippen LogP contribution in [0.1, 0.15) is 24.8 Å². The van der Waals surface area contributed by atoms with Crippen molar-refractivity contribution in [1.29, 1.82) is 0 Å². The lowest BCUT2D eigenvalue weighted by atomic mass is 9.74. The van der Waals surface area contributed by atoms with Gasteiger partial charge in [-0.05, 0) is 30.5 Å². The SMILES string of the molecule is O=C(CC1COCCN1)NCC1(c2cccc(Br)c2)CCOCC1. The van der Waals surface area contributed by atoms with Gasteiger partial charge in [-0.1, -0.05) is 28.1 Å². The van der Waals surface area contributed by atoms with Gasteiger partial charge in [-0.15, -0.1) is 0 Å². The molecule has 132 valence electrons. The molecule has 0 aliphatic carbocycles. The average molecular weight is 397 g/mol. The Labute approximate surface area is 151 Å². The van der Waals surface area contributed by atoms with E-state index in [2.05, 4.69) is 44.8 Å². The monoisotopic (exact) mass is 396 g/mol. The van der Waals surface area contributed by atoms with Crippen molar-refractivity contribution < 1.29 is 14.3 Å². The van der Waals surface area contributed by atoms with Gasteiger partial charge in [-0.3, -0.25) is 4.79 Å². The van der Waals surface area contributed by atoms with Crippen molar-refractivity contribution in [2.45, 2.75) is 30.7 Å². The lowest BCUT2D eigenvalue weighted by molar-refractivity contribution is -0.122. The molecule has 2 N–H and O–H groups in total. The summed E-state index contributed by atoms with van der Waals surface area (Å²) >= 11 is 3.56. The third-order valence-corrected chi connectivity index (χ3v) is 5.43. The molecule has 1 unspecified atom stereocenters. The standard InChI is InChI=1S/C18H25BrN2O3/c19-15-3-1-2-14(10-15)18(4-7-23-8-5-18)13-21-17(22)11-16-12-24-9-6-20-16/h1-3,10,16,20H,4-9,11-13H2,(H,21,22). The van der Waals surface area contributed by atoms with Crippen molar-refractivity contribution in [2.75, 3.05) is 39.5 Å². The third kappa shape index (κ3) is 4.57. The van der Waals surface area contributed by atoms with E-state index in [1.807, 2.05) is 6.07 Å². The maximum atomic E-state index is 12.3. The van der Waals surface area contributed by atoms with Crippen molar-refractivity contribution >= 4 is 21.8 Å². The molecule has 1 aromatic carbocycles. The molecule has 2 aliphatic heterocycles. The molecule has 24 heavy (non-hydrogen) atoms. The number of hydrogen-bond acceptors (Lipinski definition) is 4. The van der Waals surface area contributed by atoms with Crippen LogP contribution in [0.4, 0.5) is 0 Å². The van der Waals surface area contributed by atoms with Crippen molar-refractivity contribution in [2.24, 2.45) is 0 Å². The summed E-state index contributed by atoms with van der Waals surface area (Å²) in [4.78, 5) is 12.3. The summed E-state index contributed by atoms with van der Waals surface area (Å²) in [6.07, 6.45) is 2.31. The van der Waals surface area contributed by atoms with Crippen LogP contribution in [0.2, 0.25) is 0 Å². The fourth-order valence-electron chi connectivity index (χ4n) is 3.46. The number of hydrogen-bond donors (Lipinski definition) is 2. The predicted molar refractivity (Wildman–Crippen MR) is 96.1 cm³/mol. The third-order valence-electron chi connectivity index (χ3n) is 4.94. The lowest BCUT2D eigenvalue weighted by Crippen LogP contribution is -2.48. The first-order chi connectivity index (χ1) is 11.7. The van der Waals surface area contributed by atoms with Gasteiger partial charge in [-0.25, -0.2) is 0 Å². The summed E-state index contributed by atoms with van der Waals surface area (Å²) in [6, 6.07) is 8.52. The lowest BCUT2D eigenvalue weighted by Gasteiger charge is -2.38. The number of halogens is 1. The van der Waals surface area contributed by atoms with Crippen LogP contribution < -0.4 is 10.6 Å². The van der Waals surface area contributed by atoms with Gasteiger partial charge in [0.25, 0.3) is 0 Å². The zero-order valence-corrected chi connectivity index (χ0v) is 15.4. The first-order valence-electron chi connectivity index (χ1n) is 8.60. The van der Waals surface area contributed by atoms with Crippen LogP contribution in [0.15, 0.2) is 28.7 Å². The van der Waals surface area contributed by atoms with Gasteiger partial charge in [0.05, 0.1) is 13.2 Å². The molecule has 2 saturated heterocycles. The number of morpholine rings is 1. The highest BCUT2D eigenvalue weighted by atomic mass is 79.9. The predicted octanol–water partition coefficient (Wildman–Crippen LogP) is 1.99. The number of nitrogens with one attached hydrogen (secondary N) is 2. The van der Waals surface area contributed by atoms with E-state index in [-0.39, 0.29) is 17.4 Å². The van der Waals surface area contributed by atoms with Crippen LogP contribution in [0.3, 0.4) is 0 Å². The van der Waals surface area contributed by atoms with Crippen molar-refractivity contribution in [1.82, 2.24) is 10.6 Å². The molecule has 0 aromatic heterocycles. The summed E-state index contributed by atoms with van der Waals surface area (Å²) in [7, 11) is 0. The molecule has 1 atom stereocenters. The summed E-state index contributed by atoms with van der Waals surface area (Å²) in [6.45, 7) is 4.28. The summed E-state index contributed by atoms with van der Waals surface area (Å²) < 4.78 is 12.0. The van der Waals surface area contributed by atoms with Crippen molar-refractivity contribution in [3.05, 3.63) is 34.3 Å². The number of ether oxygens (including phenoxy) is 2. The van der Waals surface area contributed by atoms with E-state index in [0.717, 1.165) is 43.7 Å². The molecule has 1 amide bonds. The molecule has 6 heteroatoms. The maximum Gasteiger partial charge on any atom is 0.221 e. The minimum atomic E-state index is -0.0474. The van der Waals surface area contributed by atoms with Crippen LogP contribution in [-0.2, 0) is 19.7 Å². The van der Waals surface area contributed by atoms with Crippen LogP contribution >= 0.6 is 15.9 Å². The quantitative estimate of drug-likeness (QED) is 0.798. The van der Waals surface area contributed by atoms with Crippen LogP contribution in [0.5, 0.6) is 0 Å². The topological polar surface area (TPSA) is 59.6 Å². The van der Waals surface area contributed by atoms with E-state index < -0.39 is 0 Å². The summed E-state index contributed by atoms with van der Waals surface area (Å²) in [5, 5.41) is 6.48. The molecule has 0 spiro atoms. The van der Waals surface area contributed by atoms with Crippen LogP contribution in [0, 0.1) is 0 Å². The Bertz CT molecular complexity index is 555. The second kappa shape index (κ2) is 8.43. The van der Waals surface area contributed by atoms with Crippen LogP contribution in [0.25, 0.3) is 0 Å². The Kier molecular flexibility index (Phi) is 6.27. The van der Waals surface area contributed by atoms with Gasteiger partial charge in [0, 0.05) is 48.7 Å². The number of benzene rings is 1. The molecule has 2 fully saturated rings. The fraction of sp³-hybridized carbons (Fsp3) is 0.611. The highest BCUT2D eigenvalue weighted by Crippen LogP contribution is 2.35. The van der Waals surface area contributed by atoms with Gasteiger partial charge < -0.3 is 20.1 Å². The van der Waals surface area contributed by atoms with E-state index in [1.54, 1.807) is 0 Å². The molecule has 0 saturated carbocycles. The summed E-state index contributed by atoms with van der Waals surface area (Å²) in [5.74, 6) is 0.0823. The fourth-order valence-corrected chi connectivity index (χ4v) is 3.86. The van der Waals surface area contributed by atoms with Gasteiger partial charge >= 0.3 is 0 Å². The van der Waals surface area contributed by atoms with Gasteiger partial charge in [0.1, 0.15) is 0 Å². The minimum Gasteiger partial charge on any atom is -0.381 e. The van der Waals surface area contributed by atoms with E-state index in [1.165, 1.54) is 5.56 Å². The second-order valence-corrected chi connectivity index (χ2v) is 7.53. The maximum absolute atomic E-state index is 12.3. The molecular formula is C18H25BrN2O3. The van der Waals surface area contributed by atoms with E-state index in [4.69, 9.17) is 9.47 Å². The van der Waals surface area contributed by atoms with Crippen molar-refractivity contribution in [3.63, 3.8) is 0 Å². The van der Waals surface area contributed by atoms with Gasteiger partial charge in [-0.2, -0.15) is 0 Å². The number of rotatable bonds is 5. The molecule has 0 bridgehead atoms. The van der Waals surface area contributed by atoms with Crippen molar-refractivity contribution in [3.8, 4) is 0 Å². The van der Waals surface area contributed by atoms with Gasteiger partial charge in [0.15, 0.2) is 0 Å².